The van der Waals surface area contributed by atoms with E-state index in [9.17, 15) is 0 Å². The van der Waals surface area contributed by atoms with Gasteiger partial charge >= 0.3 is 0 Å². The molecule has 0 bridgehead atoms. The van der Waals surface area contributed by atoms with E-state index in [-0.39, 0.29) is 0 Å². The van der Waals surface area contributed by atoms with Crippen molar-refractivity contribution in [2.75, 3.05) is 7.05 Å². The van der Waals surface area contributed by atoms with Gasteiger partial charge in [0.15, 0.2) is 0 Å². The van der Waals surface area contributed by atoms with Crippen molar-refractivity contribution in [1.82, 2.24) is 10.3 Å². The SMILES string of the molecule is CNCc1cc(Br)cc(C)c1OCc1ccnc(C#N)c1. The van der Waals surface area contributed by atoms with Gasteiger partial charge < -0.3 is 10.1 Å². The van der Waals surface area contributed by atoms with Crippen LogP contribution in [0.25, 0.3) is 0 Å². The van der Waals surface area contributed by atoms with E-state index in [1.807, 2.05) is 38.2 Å². The molecule has 0 radical (unpaired) electrons. The zero-order valence-electron chi connectivity index (χ0n) is 12.0. The average molecular weight is 346 g/mol. The Morgan fingerprint density at radius 1 is 1.38 bits per heavy atom. The van der Waals surface area contributed by atoms with Crippen LogP contribution in [0.15, 0.2) is 34.9 Å². The van der Waals surface area contributed by atoms with E-state index in [1.165, 1.54) is 0 Å². The van der Waals surface area contributed by atoms with Gasteiger partial charge in [0.2, 0.25) is 0 Å². The minimum Gasteiger partial charge on any atom is -0.488 e. The molecule has 0 aliphatic carbocycles. The summed E-state index contributed by atoms with van der Waals surface area (Å²) in [5.41, 5.74) is 3.50. The van der Waals surface area contributed by atoms with E-state index in [1.54, 1.807) is 12.3 Å². The molecule has 0 aliphatic heterocycles. The largest absolute Gasteiger partial charge is 0.488 e. The third-order valence-corrected chi connectivity index (χ3v) is 3.46. The summed E-state index contributed by atoms with van der Waals surface area (Å²) in [7, 11) is 1.90. The van der Waals surface area contributed by atoms with Crippen LogP contribution in [-0.4, -0.2) is 12.0 Å². The van der Waals surface area contributed by atoms with Crippen molar-refractivity contribution in [2.24, 2.45) is 0 Å². The highest BCUT2D eigenvalue weighted by Gasteiger charge is 2.09. The second-order valence-corrected chi connectivity index (χ2v) is 5.61. The molecule has 5 heteroatoms. The van der Waals surface area contributed by atoms with Crippen molar-refractivity contribution >= 4 is 15.9 Å². The first kappa shape index (κ1) is 15.5. The Morgan fingerprint density at radius 3 is 2.90 bits per heavy atom. The first-order valence-corrected chi connectivity index (χ1v) is 7.34. The van der Waals surface area contributed by atoms with Gasteiger partial charge in [0.25, 0.3) is 0 Å². The van der Waals surface area contributed by atoms with Crippen LogP contribution >= 0.6 is 15.9 Å². The van der Waals surface area contributed by atoms with Crippen LogP contribution in [0, 0.1) is 18.3 Å². The van der Waals surface area contributed by atoms with E-state index in [0.717, 1.165) is 33.5 Å². The van der Waals surface area contributed by atoms with Crippen LogP contribution in [0.4, 0.5) is 0 Å². The highest BCUT2D eigenvalue weighted by molar-refractivity contribution is 9.10. The zero-order valence-corrected chi connectivity index (χ0v) is 13.6. The van der Waals surface area contributed by atoms with Gasteiger partial charge in [-0.25, -0.2) is 4.98 Å². The number of nitrogens with one attached hydrogen (secondary N) is 1. The highest BCUT2D eigenvalue weighted by Crippen LogP contribution is 2.28. The summed E-state index contributed by atoms with van der Waals surface area (Å²) < 4.78 is 7.00. The summed E-state index contributed by atoms with van der Waals surface area (Å²) in [6, 6.07) is 9.71. The van der Waals surface area contributed by atoms with Crippen LogP contribution in [0.3, 0.4) is 0 Å². The first-order valence-electron chi connectivity index (χ1n) is 6.55. The van der Waals surface area contributed by atoms with Gasteiger partial charge in [-0.2, -0.15) is 5.26 Å². The Kier molecular flexibility index (Phi) is 5.32. The molecule has 0 spiro atoms. The monoisotopic (exact) mass is 345 g/mol. The lowest BCUT2D eigenvalue weighted by Gasteiger charge is -2.15. The topological polar surface area (TPSA) is 57.9 Å². The number of hydrogen-bond donors (Lipinski definition) is 1. The fourth-order valence-electron chi connectivity index (χ4n) is 2.11. The molecule has 4 nitrogen and oxygen atoms in total. The van der Waals surface area contributed by atoms with Crippen molar-refractivity contribution in [3.63, 3.8) is 0 Å². The molecule has 0 amide bonds. The summed E-state index contributed by atoms with van der Waals surface area (Å²) in [5, 5.41) is 12.0. The fourth-order valence-corrected chi connectivity index (χ4v) is 2.73. The van der Waals surface area contributed by atoms with Gasteiger partial charge in [0.05, 0.1) is 0 Å². The number of benzene rings is 1. The van der Waals surface area contributed by atoms with Crippen molar-refractivity contribution in [2.45, 2.75) is 20.1 Å². The van der Waals surface area contributed by atoms with Crippen LogP contribution in [-0.2, 0) is 13.2 Å². The molecule has 1 heterocycles. The molecular weight excluding hydrogens is 330 g/mol. The van der Waals surface area contributed by atoms with Crippen molar-refractivity contribution in [3.05, 3.63) is 57.3 Å². The molecule has 2 aromatic rings. The van der Waals surface area contributed by atoms with Crippen LogP contribution in [0.1, 0.15) is 22.4 Å². The summed E-state index contributed by atoms with van der Waals surface area (Å²) in [4.78, 5) is 3.96. The number of aromatic nitrogens is 1. The maximum Gasteiger partial charge on any atom is 0.140 e. The number of ether oxygens (including phenoxy) is 1. The zero-order chi connectivity index (χ0) is 15.2. The molecule has 0 fully saturated rings. The van der Waals surface area contributed by atoms with E-state index < -0.39 is 0 Å². The van der Waals surface area contributed by atoms with Crippen molar-refractivity contribution in [3.8, 4) is 11.8 Å². The van der Waals surface area contributed by atoms with Gasteiger partial charge in [-0.05, 0) is 49.4 Å². The third kappa shape index (κ3) is 4.03. The molecule has 1 aromatic heterocycles. The van der Waals surface area contributed by atoms with Gasteiger partial charge in [0, 0.05) is 22.8 Å². The van der Waals surface area contributed by atoms with Crippen molar-refractivity contribution in [1.29, 1.82) is 5.26 Å². The smallest absolute Gasteiger partial charge is 0.140 e. The quantitative estimate of drug-likeness (QED) is 0.902. The lowest BCUT2D eigenvalue weighted by atomic mass is 10.1. The predicted molar refractivity (Wildman–Crippen MR) is 84.9 cm³/mol. The number of nitrogens with zero attached hydrogens (tertiary/aromatic N) is 2. The number of halogens is 1. The summed E-state index contributed by atoms with van der Waals surface area (Å²) in [6.45, 7) is 3.16. The lowest BCUT2D eigenvalue weighted by molar-refractivity contribution is 0.300. The summed E-state index contributed by atoms with van der Waals surface area (Å²) in [5.74, 6) is 0.878. The van der Waals surface area contributed by atoms with E-state index in [2.05, 4.69) is 26.2 Å². The third-order valence-electron chi connectivity index (χ3n) is 3.01. The van der Waals surface area contributed by atoms with Crippen LogP contribution < -0.4 is 10.1 Å². The normalized spacial score (nSPS) is 10.2. The number of pyridine rings is 1. The van der Waals surface area contributed by atoms with E-state index in [4.69, 9.17) is 10.00 Å². The Morgan fingerprint density at radius 2 is 2.19 bits per heavy atom. The molecule has 0 atom stereocenters. The maximum absolute atomic E-state index is 8.87. The minimum atomic E-state index is 0.402. The second kappa shape index (κ2) is 7.21. The maximum atomic E-state index is 8.87. The van der Waals surface area contributed by atoms with Gasteiger partial charge in [-0.1, -0.05) is 15.9 Å². The molecule has 108 valence electrons. The van der Waals surface area contributed by atoms with Crippen LogP contribution in [0.5, 0.6) is 5.75 Å². The second-order valence-electron chi connectivity index (χ2n) is 4.69. The van der Waals surface area contributed by atoms with E-state index in [0.29, 0.717) is 12.3 Å². The Labute approximate surface area is 132 Å². The lowest BCUT2D eigenvalue weighted by Crippen LogP contribution is -2.09. The van der Waals surface area contributed by atoms with Crippen molar-refractivity contribution < 1.29 is 4.74 Å². The molecule has 1 N–H and O–H groups in total. The summed E-state index contributed by atoms with van der Waals surface area (Å²) >= 11 is 3.50. The van der Waals surface area contributed by atoms with Crippen LogP contribution in [0.2, 0.25) is 0 Å². The predicted octanol–water partition coefficient (Wildman–Crippen LogP) is 3.32. The Bertz CT molecular complexity index is 680. The molecule has 21 heavy (non-hydrogen) atoms. The minimum absolute atomic E-state index is 0.402. The number of nitriles is 1. The Balaban J connectivity index is 2.21. The van der Waals surface area contributed by atoms with Gasteiger partial charge in [0.1, 0.15) is 24.1 Å². The molecule has 0 saturated carbocycles. The standard InChI is InChI=1S/C16H16BrN3O/c1-11-5-14(17)7-13(9-19-2)16(11)21-10-12-3-4-20-15(6-12)8-18/h3-7,19H,9-10H2,1-2H3. The number of aryl methyl sites for hydroxylation is 1. The molecule has 0 aliphatic rings. The summed E-state index contributed by atoms with van der Waals surface area (Å²) in [6.07, 6.45) is 1.63. The fraction of sp³-hybridized carbons (Fsp3) is 0.250. The molecule has 0 saturated heterocycles. The van der Waals surface area contributed by atoms with Gasteiger partial charge in [-0.3, -0.25) is 0 Å². The highest BCUT2D eigenvalue weighted by atomic mass is 79.9. The van der Waals surface area contributed by atoms with E-state index >= 15 is 0 Å². The molecular formula is C16H16BrN3O. The van der Waals surface area contributed by atoms with Gasteiger partial charge in [-0.15, -0.1) is 0 Å². The number of rotatable bonds is 5. The Hall–Kier alpha value is -1.90. The average Bonchev–Trinajstić information content (AvgIpc) is 2.47. The number of hydrogen-bond acceptors (Lipinski definition) is 4. The molecule has 1 aromatic carbocycles. The molecule has 0 unspecified atom stereocenters. The molecule has 2 rings (SSSR count). The first-order chi connectivity index (χ1) is 10.1.